The average Bonchev–Trinajstić information content (AvgIpc) is 1.98. The fourth-order valence-electron chi connectivity index (χ4n) is 0.990. The van der Waals surface area contributed by atoms with Crippen LogP contribution in [0.25, 0.3) is 0 Å². The normalized spacial score (nSPS) is 9.58. The Kier molecular flexibility index (Phi) is 2.82. The van der Waals surface area contributed by atoms with Gasteiger partial charge in [-0.15, -0.1) is 0 Å². The van der Waals surface area contributed by atoms with Crippen LogP contribution in [0.4, 0.5) is 0 Å². The quantitative estimate of drug-likeness (QED) is 0.614. The van der Waals surface area contributed by atoms with E-state index in [-0.39, 0.29) is 0 Å². The second-order valence-corrected chi connectivity index (χ2v) is 3.37. The van der Waals surface area contributed by atoms with Gasteiger partial charge in [0, 0.05) is 6.92 Å². The van der Waals surface area contributed by atoms with E-state index in [1.54, 1.807) is 6.92 Å². The van der Waals surface area contributed by atoms with Gasteiger partial charge in [0.25, 0.3) is 0 Å². The number of thiocarbonyl (C=S) groups is 1. The summed E-state index contributed by atoms with van der Waals surface area (Å²) in [4.78, 5) is 0. The summed E-state index contributed by atoms with van der Waals surface area (Å²) in [5.74, 6) is 0.863. The van der Waals surface area contributed by atoms with Gasteiger partial charge in [0.1, 0.15) is 5.75 Å². The van der Waals surface area contributed by atoms with E-state index in [0.717, 1.165) is 11.3 Å². The lowest BCUT2D eigenvalue weighted by molar-refractivity contribution is 0.556. The van der Waals surface area contributed by atoms with Crippen molar-refractivity contribution in [1.29, 1.82) is 0 Å². The van der Waals surface area contributed by atoms with Gasteiger partial charge in [-0.1, -0.05) is 12.1 Å². The Labute approximate surface area is 78.4 Å². The average molecular weight is 180 g/mol. The summed E-state index contributed by atoms with van der Waals surface area (Å²) in [5.41, 5.74) is 2.38. The lowest BCUT2D eigenvalue weighted by Gasteiger charge is -2.08. The molecule has 1 rings (SSSR count). The van der Waals surface area contributed by atoms with Crippen molar-refractivity contribution < 1.29 is 4.74 Å². The Hall–Kier alpha value is -0.890. The molecule has 0 amide bonds. The summed E-state index contributed by atoms with van der Waals surface area (Å²) in [7, 11) is 0. The van der Waals surface area contributed by atoms with Crippen LogP contribution in [-0.4, -0.2) is 5.05 Å². The van der Waals surface area contributed by atoms with Crippen LogP contribution < -0.4 is 4.74 Å². The van der Waals surface area contributed by atoms with Crippen molar-refractivity contribution >= 4 is 17.3 Å². The minimum Gasteiger partial charge on any atom is -0.450 e. The van der Waals surface area contributed by atoms with E-state index in [4.69, 9.17) is 17.0 Å². The third-order valence-corrected chi connectivity index (χ3v) is 1.89. The molecule has 0 saturated heterocycles. The van der Waals surface area contributed by atoms with Gasteiger partial charge >= 0.3 is 0 Å². The minimum atomic E-state index is 0.559. The van der Waals surface area contributed by atoms with E-state index in [1.807, 2.05) is 19.1 Å². The van der Waals surface area contributed by atoms with Crippen LogP contribution in [0, 0.1) is 13.8 Å². The minimum absolute atomic E-state index is 0.559. The second kappa shape index (κ2) is 3.68. The first-order valence-electron chi connectivity index (χ1n) is 3.86. The summed E-state index contributed by atoms with van der Waals surface area (Å²) in [6, 6.07) is 5.95. The molecule has 0 spiro atoms. The van der Waals surface area contributed by atoms with Crippen LogP contribution in [0.2, 0.25) is 0 Å². The number of rotatable bonds is 1. The highest BCUT2D eigenvalue weighted by molar-refractivity contribution is 7.80. The molecule has 0 aliphatic carbocycles. The molecule has 12 heavy (non-hydrogen) atoms. The molecule has 0 fully saturated rings. The van der Waals surface area contributed by atoms with Crippen LogP contribution in [0.1, 0.15) is 18.1 Å². The smallest absolute Gasteiger partial charge is 0.164 e. The van der Waals surface area contributed by atoms with Crippen molar-refractivity contribution in [3.05, 3.63) is 29.3 Å². The maximum atomic E-state index is 5.36. The van der Waals surface area contributed by atoms with E-state index in [1.165, 1.54) is 5.56 Å². The van der Waals surface area contributed by atoms with Gasteiger partial charge in [-0.05, 0) is 43.3 Å². The SMILES string of the molecule is CC(=S)Oc1cccc(C)c1C. The molecule has 0 aromatic heterocycles. The maximum absolute atomic E-state index is 5.36. The molecule has 0 aliphatic heterocycles. The molecule has 1 aromatic carbocycles. The molecule has 2 heteroatoms. The van der Waals surface area contributed by atoms with E-state index in [9.17, 15) is 0 Å². The zero-order valence-corrected chi connectivity index (χ0v) is 8.37. The van der Waals surface area contributed by atoms with Crippen LogP contribution in [0.15, 0.2) is 18.2 Å². The Morgan fingerprint density at radius 1 is 1.33 bits per heavy atom. The fourth-order valence-corrected chi connectivity index (χ4v) is 1.08. The van der Waals surface area contributed by atoms with Crippen LogP contribution >= 0.6 is 12.2 Å². The number of hydrogen-bond acceptors (Lipinski definition) is 2. The summed E-state index contributed by atoms with van der Waals surface area (Å²) in [6.07, 6.45) is 0. The summed E-state index contributed by atoms with van der Waals surface area (Å²) < 4.78 is 5.36. The Bertz CT molecular complexity index is 305. The van der Waals surface area contributed by atoms with Gasteiger partial charge in [0.2, 0.25) is 0 Å². The van der Waals surface area contributed by atoms with Gasteiger partial charge in [-0.3, -0.25) is 0 Å². The van der Waals surface area contributed by atoms with Crippen molar-refractivity contribution in [1.82, 2.24) is 0 Å². The third-order valence-electron chi connectivity index (χ3n) is 1.81. The molecule has 0 unspecified atom stereocenters. The monoisotopic (exact) mass is 180 g/mol. The largest absolute Gasteiger partial charge is 0.450 e. The molecule has 1 aromatic rings. The van der Waals surface area contributed by atoms with Gasteiger partial charge in [-0.2, -0.15) is 0 Å². The molecule has 0 aliphatic rings. The molecule has 0 bridgehead atoms. The van der Waals surface area contributed by atoms with Crippen LogP contribution in [-0.2, 0) is 0 Å². The van der Waals surface area contributed by atoms with Gasteiger partial charge in [-0.25, -0.2) is 0 Å². The third kappa shape index (κ3) is 2.05. The fraction of sp³-hybridized carbons (Fsp3) is 0.300. The molecule has 0 radical (unpaired) electrons. The number of hydrogen-bond donors (Lipinski definition) is 0. The first-order chi connectivity index (χ1) is 5.61. The predicted molar refractivity (Wildman–Crippen MR) is 54.8 cm³/mol. The molecule has 0 atom stereocenters. The molecule has 0 heterocycles. The first kappa shape index (κ1) is 9.20. The Balaban J connectivity index is 3.00. The molecular formula is C10H12OS. The number of aryl methyl sites for hydroxylation is 1. The zero-order valence-electron chi connectivity index (χ0n) is 7.55. The second-order valence-electron chi connectivity index (χ2n) is 2.79. The van der Waals surface area contributed by atoms with Crippen LogP contribution in [0.3, 0.4) is 0 Å². The van der Waals surface area contributed by atoms with Crippen molar-refractivity contribution in [3.8, 4) is 5.75 Å². The highest BCUT2D eigenvalue weighted by Crippen LogP contribution is 2.20. The lowest BCUT2D eigenvalue weighted by Crippen LogP contribution is -2.00. The van der Waals surface area contributed by atoms with Crippen molar-refractivity contribution in [2.24, 2.45) is 0 Å². The van der Waals surface area contributed by atoms with Gasteiger partial charge in [0.05, 0.1) is 0 Å². The van der Waals surface area contributed by atoms with Gasteiger partial charge < -0.3 is 4.74 Å². The standard InChI is InChI=1S/C10H12OS/c1-7-5-4-6-10(8(7)2)11-9(3)12/h4-6H,1-3H3. The van der Waals surface area contributed by atoms with Gasteiger partial charge in [0.15, 0.2) is 5.05 Å². The molecular weight excluding hydrogens is 168 g/mol. The van der Waals surface area contributed by atoms with Crippen molar-refractivity contribution in [2.75, 3.05) is 0 Å². The lowest BCUT2D eigenvalue weighted by atomic mass is 10.1. The van der Waals surface area contributed by atoms with E-state index >= 15 is 0 Å². The first-order valence-corrected chi connectivity index (χ1v) is 4.26. The molecule has 1 nitrogen and oxygen atoms in total. The highest BCUT2D eigenvalue weighted by Gasteiger charge is 2.01. The van der Waals surface area contributed by atoms with E-state index < -0.39 is 0 Å². The predicted octanol–water partition coefficient (Wildman–Crippen LogP) is 3.03. The van der Waals surface area contributed by atoms with E-state index in [0.29, 0.717) is 5.05 Å². The van der Waals surface area contributed by atoms with Crippen molar-refractivity contribution in [3.63, 3.8) is 0 Å². The number of benzene rings is 1. The summed E-state index contributed by atoms with van der Waals surface area (Å²) in [6.45, 7) is 5.86. The zero-order chi connectivity index (χ0) is 9.14. The Morgan fingerprint density at radius 3 is 2.58 bits per heavy atom. The Morgan fingerprint density at radius 2 is 2.00 bits per heavy atom. The maximum Gasteiger partial charge on any atom is 0.164 e. The molecule has 64 valence electrons. The topological polar surface area (TPSA) is 9.23 Å². The molecule has 0 saturated carbocycles. The summed E-state index contributed by atoms with van der Waals surface area (Å²) in [5, 5.41) is 0.559. The highest BCUT2D eigenvalue weighted by atomic mass is 32.1. The number of ether oxygens (including phenoxy) is 1. The van der Waals surface area contributed by atoms with Crippen molar-refractivity contribution in [2.45, 2.75) is 20.8 Å². The van der Waals surface area contributed by atoms with Crippen LogP contribution in [0.5, 0.6) is 5.75 Å². The summed E-state index contributed by atoms with van der Waals surface area (Å²) >= 11 is 4.86. The van der Waals surface area contributed by atoms with E-state index in [2.05, 4.69) is 13.0 Å². The molecule has 0 N–H and O–H groups in total.